The predicted molar refractivity (Wildman–Crippen MR) is 81.9 cm³/mol. The quantitative estimate of drug-likeness (QED) is 0.688. The zero-order valence-corrected chi connectivity index (χ0v) is 12.5. The number of hydrogen-bond donors (Lipinski definition) is 0. The second kappa shape index (κ2) is 5.65. The number of rotatable bonds is 3. The molecule has 1 aliphatic rings. The monoisotopic (exact) mass is 290 g/mol. The zero-order valence-electron chi connectivity index (χ0n) is 11.7. The highest BCUT2D eigenvalue weighted by Crippen LogP contribution is 2.35. The fourth-order valence-corrected chi connectivity index (χ4v) is 4.30. The van der Waals surface area contributed by atoms with Crippen LogP contribution < -0.4 is 0 Å². The number of carbonyl (C=O) groups is 1. The summed E-state index contributed by atoms with van der Waals surface area (Å²) in [5, 5.41) is 0.848. The summed E-state index contributed by atoms with van der Waals surface area (Å²) in [5.41, 5.74) is 0. The summed E-state index contributed by atoms with van der Waals surface area (Å²) < 4.78 is 14.2. The van der Waals surface area contributed by atoms with Crippen molar-refractivity contribution in [1.29, 1.82) is 0 Å². The van der Waals surface area contributed by atoms with E-state index in [1.54, 1.807) is 6.07 Å². The van der Waals surface area contributed by atoms with Crippen molar-refractivity contribution in [2.24, 2.45) is 11.8 Å². The summed E-state index contributed by atoms with van der Waals surface area (Å²) in [6, 6.07) is 6.60. The average molecular weight is 290 g/mol. The van der Waals surface area contributed by atoms with E-state index in [9.17, 15) is 9.18 Å². The van der Waals surface area contributed by atoms with E-state index in [0.717, 1.165) is 34.2 Å². The van der Waals surface area contributed by atoms with Crippen molar-refractivity contribution in [2.75, 3.05) is 0 Å². The Kier molecular flexibility index (Phi) is 3.88. The van der Waals surface area contributed by atoms with Crippen molar-refractivity contribution in [3.8, 4) is 0 Å². The molecule has 20 heavy (non-hydrogen) atoms. The van der Waals surface area contributed by atoms with Gasteiger partial charge in [-0.05, 0) is 48.4 Å². The standard InChI is InChI=1S/C17H19FOS/c1-2-11-4-3-5-12(8-11)17(19)16-10-13-9-14(18)6-7-15(13)20-16/h6-7,9-12H,2-5,8H2,1H3. The van der Waals surface area contributed by atoms with Gasteiger partial charge in [-0.3, -0.25) is 4.79 Å². The maximum Gasteiger partial charge on any atom is 0.175 e. The molecule has 3 heteroatoms. The summed E-state index contributed by atoms with van der Waals surface area (Å²) >= 11 is 1.50. The first-order chi connectivity index (χ1) is 9.67. The molecule has 106 valence electrons. The normalized spacial score (nSPS) is 23.1. The molecule has 1 aromatic heterocycles. The van der Waals surface area contributed by atoms with Crippen molar-refractivity contribution >= 4 is 27.2 Å². The smallest absolute Gasteiger partial charge is 0.175 e. The largest absolute Gasteiger partial charge is 0.293 e. The molecule has 2 unspecified atom stereocenters. The van der Waals surface area contributed by atoms with Gasteiger partial charge in [-0.15, -0.1) is 11.3 Å². The van der Waals surface area contributed by atoms with Gasteiger partial charge in [-0.1, -0.05) is 26.2 Å². The van der Waals surface area contributed by atoms with Gasteiger partial charge in [0, 0.05) is 10.6 Å². The third kappa shape index (κ3) is 2.64. The van der Waals surface area contributed by atoms with E-state index in [0.29, 0.717) is 5.92 Å². The lowest BCUT2D eigenvalue weighted by molar-refractivity contribution is 0.0866. The highest BCUT2D eigenvalue weighted by Gasteiger charge is 2.28. The fraction of sp³-hybridized carbons (Fsp3) is 0.471. The number of benzene rings is 1. The van der Waals surface area contributed by atoms with Gasteiger partial charge in [0.1, 0.15) is 5.82 Å². The Morgan fingerprint density at radius 1 is 1.35 bits per heavy atom. The van der Waals surface area contributed by atoms with Crippen LogP contribution in [0.3, 0.4) is 0 Å². The lowest BCUT2D eigenvalue weighted by atomic mass is 9.78. The Bertz CT molecular complexity index is 631. The van der Waals surface area contributed by atoms with Crippen molar-refractivity contribution in [3.63, 3.8) is 0 Å². The minimum absolute atomic E-state index is 0.173. The molecule has 0 aliphatic heterocycles. The number of fused-ring (bicyclic) bond motifs is 1. The van der Waals surface area contributed by atoms with Gasteiger partial charge in [-0.2, -0.15) is 0 Å². The van der Waals surface area contributed by atoms with E-state index < -0.39 is 0 Å². The molecule has 0 radical (unpaired) electrons. The van der Waals surface area contributed by atoms with E-state index in [1.165, 1.54) is 36.3 Å². The summed E-state index contributed by atoms with van der Waals surface area (Å²) in [4.78, 5) is 13.4. The highest BCUT2D eigenvalue weighted by molar-refractivity contribution is 7.20. The summed E-state index contributed by atoms with van der Waals surface area (Å²) in [6.07, 6.45) is 5.63. The van der Waals surface area contributed by atoms with Crippen LogP contribution in [0, 0.1) is 17.7 Å². The molecule has 1 fully saturated rings. The van der Waals surface area contributed by atoms with E-state index in [2.05, 4.69) is 6.92 Å². The molecule has 1 saturated carbocycles. The van der Waals surface area contributed by atoms with Gasteiger partial charge < -0.3 is 0 Å². The third-order valence-electron chi connectivity index (χ3n) is 4.45. The second-order valence-electron chi connectivity index (χ2n) is 5.79. The molecule has 1 aliphatic carbocycles. The first kappa shape index (κ1) is 13.7. The maximum atomic E-state index is 13.2. The first-order valence-electron chi connectivity index (χ1n) is 7.40. The first-order valence-corrected chi connectivity index (χ1v) is 8.22. The van der Waals surface area contributed by atoms with Crippen molar-refractivity contribution in [1.82, 2.24) is 0 Å². The number of Topliss-reactive ketones (excluding diaryl/α,β-unsaturated/α-hetero) is 1. The molecule has 0 saturated heterocycles. The Morgan fingerprint density at radius 2 is 2.20 bits per heavy atom. The lowest BCUT2D eigenvalue weighted by Crippen LogP contribution is -2.22. The molecule has 0 spiro atoms. The number of thiophene rings is 1. The van der Waals surface area contributed by atoms with Crippen molar-refractivity contribution < 1.29 is 9.18 Å². The van der Waals surface area contributed by atoms with Gasteiger partial charge in [0.25, 0.3) is 0 Å². The fourth-order valence-electron chi connectivity index (χ4n) is 3.24. The van der Waals surface area contributed by atoms with E-state index in [4.69, 9.17) is 0 Å². The molecule has 1 heterocycles. The van der Waals surface area contributed by atoms with Gasteiger partial charge in [-0.25, -0.2) is 4.39 Å². The average Bonchev–Trinajstić information content (AvgIpc) is 2.89. The van der Waals surface area contributed by atoms with Crippen LogP contribution >= 0.6 is 11.3 Å². The number of carbonyl (C=O) groups excluding carboxylic acids is 1. The summed E-state index contributed by atoms with van der Waals surface area (Å²) in [5.74, 6) is 0.902. The Morgan fingerprint density at radius 3 is 3.00 bits per heavy atom. The molecule has 2 atom stereocenters. The van der Waals surface area contributed by atoms with Gasteiger partial charge in [0.15, 0.2) is 5.78 Å². The Hall–Kier alpha value is -1.22. The van der Waals surface area contributed by atoms with Crippen molar-refractivity contribution in [3.05, 3.63) is 35.0 Å². The third-order valence-corrected chi connectivity index (χ3v) is 5.58. The molecule has 2 aromatic rings. The van der Waals surface area contributed by atoms with Crippen LogP contribution in [0.1, 0.15) is 48.7 Å². The number of hydrogen-bond acceptors (Lipinski definition) is 2. The van der Waals surface area contributed by atoms with E-state index in [1.807, 2.05) is 6.07 Å². The zero-order chi connectivity index (χ0) is 14.1. The van der Waals surface area contributed by atoms with Crippen molar-refractivity contribution in [2.45, 2.75) is 39.0 Å². The Labute approximate surface area is 122 Å². The molecular weight excluding hydrogens is 271 g/mol. The number of halogens is 1. The highest BCUT2D eigenvalue weighted by atomic mass is 32.1. The molecule has 0 N–H and O–H groups in total. The van der Waals surface area contributed by atoms with Crippen LogP contribution in [-0.2, 0) is 0 Å². The predicted octanol–water partition coefficient (Wildman–Crippen LogP) is 5.44. The van der Waals surface area contributed by atoms with Crippen LogP contribution in [-0.4, -0.2) is 5.78 Å². The topological polar surface area (TPSA) is 17.1 Å². The molecule has 1 aromatic carbocycles. The second-order valence-corrected chi connectivity index (χ2v) is 6.88. The minimum Gasteiger partial charge on any atom is -0.293 e. The van der Waals surface area contributed by atoms with Crippen LogP contribution in [0.4, 0.5) is 4.39 Å². The molecular formula is C17H19FOS. The number of ketones is 1. The Balaban J connectivity index is 1.84. The molecule has 1 nitrogen and oxygen atoms in total. The maximum absolute atomic E-state index is 13.2. The van der Waals surface area contributed by atoms with Crippen LogP contribution in [0.15, 0.2) is 24.3 Å². The molecule has 0 amide bonds. The summed E-state index contributed by atoms with van der Waals surface area (Å²) in [7, 11) is 0. The van der Waals surface area contributed by atoms with Crippen LogP contribution in [0.2, 0.25) is 0 Å². The molecule has 3 rings (SSSR count). The van der Waals surface area contributed by atoms with Crippen LogP contribution in [0.5, 0.6) is 0 Å². The lowest BCUT2D eigenvalue weighted by Gasteiger charge is -2.27. The molecule has 0 bridgehead atoms. The SMILES string of the molecule is CCC1CCCC(C(=O)c2cc3cc(F)ccc3s2)C1. The van der Waals surface area contributed by atoms with Gasteiger partial charge >= 0.3 is 0 Å². The van der Waals surface area contributed by atoms with Gasteiger partial charge in [0.05, 0.1) is 4.88 Å². The minimum atomic E-state index is -0.238. The van der Waals surface area contributed by atoms with E-state index >= 15 is 0 Å². The van der Waals surface area contributed by atoms with E-state index in [-0.39, 0.29) is 17.5 Å². The van der Waals surface area contributed by atoms with Crippen LogP contribution in [0.25, 0.3) is 10.1 Å². The summed E-state index contributed by atoms with van der Waals surface area (Å²) in [6.45, 7) is 2.21. The van der Waals surface area contributed by atoms with Gasteiger partial charge in [0.2, 0.25) is 0 Å².